The van der Waals surface area contributed by atoms with E-state index in [1.807, 2.05) is 36.4 Å². The van der Waals surface area contributed by atoms with Crippen molar-refractivity contribution in [1.29, 1.82) is 0 Å². The summed E-state index contributed by atoms with van der Waals surface area (Å²) in [6.07, 6.45) is 0. The molecule has 0 aliphatic carbocycles. The van der Waals surface area contributed by atoms with E-state index in [-0.39, 0.29) is 18.3 Å². The van der Waals surface area contributed by atoms with Crippen molar-refractivity contribution in [3.8, 4) is 5.75 Å². The third-order valence-electron chi connectivity index (χ3n) is 3.94. The molecular formula is C22H21N3O4. The van der Waals surface area contributed by atoms with Gasteiger partial charge in [-0.2, -0.15) is 5.10 Å². The molecule has 3 aromatic rings. The average Bonchev–Trinajstić information content (AvgIpc) is 3.20. The molecule has 0 saturated heterocycles. The number of hydrogen-bond donors (Lipinski definition) is 2. The van der Waals surface area contributed by atoms with Gasteiger partial charge < -0.3 is 14.5 Å². The highest BCUT2D eigenvalue weighted by molar-refractivity contribution is 6.01. The zero-order chi connectivity index (χ0) is 20.6. The number of hydrazone groups is 1. The molecule has 148 valence electrons. The van der Waals surface area contributed by atoms with E-state index in [4.69, 9.17) is 9.15 Å². The van der Waals surface area contributed by atoms with Crippen LogP contribution in [0.2, 0.25) is 0 Å². The van der Waals surface area contributed by atoms with E-state index in [0.717, 1.165) is 11.3 Å². The summed E-state index contributed by atoms with van der Waals surface area (Å²) in [4.78, 5) is 23.4. The van der Waals surface area contributed by atoms with Crippen molar-refractivity contribution in [2.24, 2.45) is 5.10 Å². The van der Waals surface area contributed by atoms with Crippen LogP contribution >= 0.6 is 0 Å². The molecule has 0 atom stereocenters. The van der Waals surface area contributed by atoms with Crippen molar-refractivity contribution in [3.05, 3.63) is 83.8 Å². The summed E-state index contributed by atoms with van der Waals surface area (Å²) in [7, 11) is 0. The fourth-order valence-corrected chi connectivity index (χ4v) is 2.53. The Balaban J connectivity index is 1.59. The molecule has 7 nitrogen and oxygen atoms in total. The van der Waals surface area contributed by atoms with Crippen LogP contribution in [0.3, 0.4) is 0 Å². The molecule has 0 fully saturated rings. The van der Waals surface area contributed by atoms with Crippen molar-refractivity contribution in [2.45, 2.75) is 20.5 Å². The Morgan fingerprint density at radius 2 is 1.79 bits per heavy atom. The minimum absolute atomic E-state index is 0.139. The lowest BCUT2D eigenvalue weighted by atomic mass is 10.1. The van der Waals surface area contributed by atoms with Crippen molar-refractivity contribution in [2.75, 3.05) is 5.32 Å². The molecule has 0 aliphatic heterocycles. The topological polar surface area (TPSA) is 92.9 Å². The molecule has 0 spiro atoms. The molecule has 0 aliphatic rings. The average molecular weight is 391 g/mol. The van der Waals surface area contributed by atoms with Gasteiger partial charge in [0.15, 0.2) is 5.76 Å². The lowest BCUT2D eigenvalue weighted by molar-refractivity contribution is -0.114. The van der Waals surface area contributed by atoms with Gasteiger partial charge in [0.1, 0.15) is 18.1 Å². The summed E-state index contributed by atoms with van der Waals surface area (Å²) in [5.74, 6) is 0.766. The van der Waals surface area contributed by atoms with E-state index in [2.05, 4.69) is 15.8 Å². The number of carbonyl (C=O) groups is 2. The summed E-state index contributed by atoms with van der Waals surface area (Å²) in [6, 6.07) is 19.8. The largest absolute Gasteiger partial charge is 0.486 e. The Bertz CT molecular complexity index is 1030. The van der Waals surface area contributed by atoms with Crippen LogP contribution < -0.4 is 15.5 Å². The quantitative estimate of drug-likeness (QED) is 0.471. The molecular weight excluding hydrogens is 370 g/mol. The first-order valence-electron chi connectivity index (χ1n) is 9.00. The maximum Gasteiger partial charge on any atom is 0.307 e. The van der Waals surface area contributed by atoms with Gasteiger partial charge in [-0.05, 0) is 48.9 Å². The van der Waals surface area contributed by atoms with Gasteiger partial charge in [0.05, 0.1) is 5.71 Å². The molecule has 0 bridgehead atoms. The van der Waals surface area contributed by atoms with Crippen molar-refractivity contribution in [1.82, 2.24) is 5.43 Å². The molecule has 0 unspecified atom stereocenters. The summed E-state index contributed by atoms with van der Waals surface area (Å²) < 4.78 is 11.1. The third-order valence-corrected chi connectivity index (χ3v) is 3.94. The van der Waals surface area contributed by atoms with E-state index >= 15 is 0 Å². The molecule has 0 saturated carbocycles. The Hall–Kier alpha value is -3.87. The summed E-state index contributed by atoms with van der Waals surface area (Å²) in [5.41, 5.74) is 4.49. The number of anilines is 1. The molecule has 1 aromatic heterocycles. The second-order valence-corrected chi connectivity index (χ2v) is 6.27. The number of ether oxygens (including phenoxy) is 1. The SMILES string of the molecule is CC(=O)Nc1cccc(/C(C)=N\NC(=O)c2ccc(COc3ccccc3)o2)c1. The smallest absolute Gasteiger partial charge is 0.307 e. The van der Waals surface area contributed by atoms with Crippen molar-refractivity contribution < 1.29 is 18.7 Å². The molecule has 0 radical (unpaired) electrons. The van der Waals surface area contributed by atoms with Crippen molar-refractivity contribution >= 4 is 23.2 Å². The molecule has 7 heteroatoms. The zero-order valence-corrected chi connectivity index (χ0v) is 16.1. The molecule has 1 heterocycles. The van der Waals surface area contributed by atoms with Crippen LogP contribution in [0.4, 0.5) is 5.69 Å². The maximum atomic E-state index is 12.3. The van der Waals surface area contributed by atoms with Crippen LogP contribution in [-0.2, 0) is 11.4 Å². The lowest BCUT2D eigenvalue weighted by Gasteiger charge is -2.06. The first kappa shape index (κ1) is 19.9. The van der Waals surface area contributed by atoms with E-state index in [0.29, 0.717) is 17.2 Å². The fraction of sp³-hybridized carbons (Fsp3) is 0.136. The normalized spacial score (nSPS) is 11.0. The predicted molar refractivity (Wildman–Crippen MR) is 110 cm³/mol. The van der Waals surface area contributed by atoms with Crippen LogP contribution in [-0.4, -0.2) is 17.5 Å². The second kappa shape index (κ2) is 9.36. The molecule has 2 aromatic carbocycles. The second-order valence-electron chi connectivity index (χ2n) is 6.27. The minimum Gasteiger partial charge on any atom is -0.486 e. The van der Waals surface area contributed by atoms with Gasteiger partial charge in [-0.1, -0.05) is 30.3 Å². The molecule has 2 N–H and O–H groups in total. The third kappa shape index (κ3) is 5.80. The number of amides is 2. The monoisotopic (exact) mass is 391 g/mol. The van der Waals surface area contributed by atoms with Crippen LogP contribution in [0.25, 0.3) is 0 Å². The minimum atomic E-state index is -0.465. The molecule has 2 amide bonds. The Kier molecular flexibility index (Phi) is 6.42. The van der Waals surface area contributed by atoms with Gasteiger partial charge in [-0.15, -0.1) is 0 Å². The summed E-state index contributed by atoms with van der Waals surface area (Å²) in [6.45, 7) is 3.42. The Morgan fingerprint density at radius 3 is 2.55 bits per heavy atom. The Morgan fingerprint density at radius 1 is 1.00 bits per heavy atom. The van der Waals surface area contributed by atoms with E-state index in [1.165, 1.54) is 6.92 Å². The number of hydrogen-bond acceptors (Lipinski definition) is 5. The highest BCUT2D eigenvalue weighted by Crippen LogP contribution is 2.14. The summed E-state index contributed by atoms with van der Waals surface area (Å²) >= 11 is 0. The van der Waals surface area contributed by atoms with Gasteiger partial charge in [-0.3, -0.25) is 9.59 Å². The predicted octanol–water partition coefficient (Wildman–Crippen LogP) is 3.97. The number of carbonyl (C=O) groups excluding carboxylic acids is 2. The first-order chi connectivity index (χ1) is 14.0. The van der Waals surface area contributed by atoms with Gasteiger partial charge in [0, 0.05) is 12.6 Å². The van der Waals surface area contributed by atoms with Crippen LogP contribution in [0.1, 0.15) is 35.7 Å². The van der Waals surface area contributed by atoms with Gasteiger partial charge in [0.2, 0.25) is 5.91 Å². The van der Waals surface area contributed by atoms with E-state index < -0.39 is 5.91 Å². The van der Waals surface area contributed by atoms with Crippen LogP contribution in [0.5, 0.6) is 5.75 Å². The van der Waals surface area contributed by atoms with Crippen LogP contribution in [0, 0.1) is 0 Å². The van der Waals surface area contributed by atoms with Gasteiger partial charge in [0.25, 0.3) is 0 Å². The zero-order valence-electron chi connectivity index (χ0n) is 16.1. The number of nitrogens with one attached hydrogen (secondary N) is 2. The molecule has 3 rings (SSSR count). The first-order valence-corrected chi connectivity index (χ1v) is 9.00. The van der Waals surface area contributed by atoms with Crippen molar-refractivity contribution in [3.63, 3.8) is 0 Å². The van der Waals surface area contributed by atoms with Crippen LogP contribution in [0.15, 0.2) is 76.2 Å². The number of rotatable bonds is 7. The molecule has 29 heavy (non-hydrogen) atoms. The highest BCUT2D eigenvalue weighted by atomic mass is 16.5. The van der Waals surface area contributed by atoms with E-state index in [9.17, 15) is 9.59 Å². The lowest BCUT2D eigenvalue weighted by Crippen LogP contribution is -2.18. The number of para-hydroxylation sites is 1. The van der Waals surface area contributed by atoms with Gasteiger partial charge in [-0.25, -0.2) is 5.43 Å². The summed E-state index contributed by atoms with van der Waals surface area (Å²) in [5, 5.41) is 6.82. The van der Waals surface area contributed by atoms with E-state index in [1.54, 1.807) is 37.3 Å². The number of furan rings is 1. The number of benzene rings is 2. The Labute approximate surface area is 168 Å². The number of nitrogens with zero attached hydrogens (tertiary/aromatic N) is 1. The standard InChI is InChI=1S/C22H21N3O4/c1-15(17-7-6-8-18(13-17)23-16(2)26)24-25-22(27)21-12-11-20(29-21)14-28-19-9-4-3-5-10-19/h3-13H,14H2,1-2H3,(H,23,26)(H,25,27)/b24-15-. The highest BCUT2D eigenvalue weighted by Gasteiger charge is 2.11. The maximum absolute atomic E-state index is 12.3. The van der Waals surface area contributed by atoms with Gasteiger partial charge >= 0.3 is 5.91 Å². The fourth-order valence-electron chi connectivity index (χ4n) is 2.53.